The van der Waals surface area contributed by atoms with Crippen LogP contribution in [0.25, 0.3) is 0 Å². The molecule has 4 heteroatoms. The van der Waals surface area contributed by atoms with Gasteiger partial charge in [0.15, 0.2) is 11.5 Å². The van der Waals surface area contributed by atoms with Crippen LogP contribution in [0.3, 0.4) is 0 Å². The first-order chi connectivity index (χ1) is 8.54. The summed E-state index contributed by atoms with van der Waals surface area (Å²) in [5.74, 6) is 1.45. The normalized spacial score (nSPS) is 8.89. The van der Waals surface area contributed by atoms with Crippen molar-refractivity contribution in [3.05, 3.63) is 36.4 Å². The summed E-state index contributed by atoms with van der Waals surface area (Å²) in [5, 5.41) is 8.91. The smallest absolute Gasteiger partial charge is 0.161 e. The highest BCUT2D eigenvalue weighted by atomic mass is 16.5. The molecule has 0 fully saturated rings. The van der Waals surface area contributed by atoms with E-state index in [0.29, 0.717) is 18.1 Å². The number of hydrogen-bond acceptors (Lipinski definition) is 4. The van der Waals surface area contributed by atoms with E-state index in [0.717, 1.165) is 5.56 Å². The van der Waals surface area contributed by atoms with Crippen molar-refractivity contribution < 1.29 is 19.4 Å². The lowest BCUT2D eigenvalue weighted by atomic mass is 10.2. The third kappa shape index (κ3) is 6.70. The highest BCUT2D eigenvalue weighted by molar-refractivity contribution is 5.72. The standard InChI is InChI=1S/C11H14O3.C3H6O/c1-3-6-14-10-5-4-9(8-12)7-11(10)13-2;1-3(2)4/h3-5,7,12H,1,6,8H2,2H3;1-2H3. The number of benzene rings is 1. The third-order valence-corrected chi connectivity index (χ3v) is 1.77. The van der Waals surface area contributed by atoms with Crippen molar-refractivity contribution in [2.75, 3.05) is 13.7 Å². The average molecular weight is 252 g/mol. The molecule has 0 amide bonds. The number of ether oxygens (including phenoxy) is 2. The van der Waals surface area contributed by atoms with Gasteiger partial charge in [-0.1, -0.05) is 18.7 Å². The van der Waals surface area contributed by atoms with E-state index in [1.807, 2.05) is 0 Å². The van der Waals surface area contributed by atoms with Crippen LogP contribution in [0, 0.1) is 0 Å². The molecule has 100 valence electrons. The van der Waals surface area contributed by atoms with Crippen LogP contribution < -0.4 is 9.47 Å². The summed E-state index contributed by atoms with van der Waals surface area (Å²) in [6.45, 7) is 7.05. The van der Waals surface area contributed by atoms with Gasteiger partial charge >= 0.3 is 0 Å². The van der Waals surface area contributed by atoms with Crippen LogP contribution in [0.1, 0.15) is 19.4 Å². The van der Waals surface area contributed by atoms with Gasteiger partial charge < -0.3 is 19.4 Å². The van der Waals surface area contributed by atoms with Crippen molar-refractivity contribution in [3.63, 3.8) is 0 Å². The molecule has 1 rings (SSSR count). The molecule has 0 atom stereocenters. The van der Waals surface area contributed by atoms with Gasteiger partial charge in [-0.2, -0.15) is 0 Å². The summed E-state index contributed by atoms with van der Waals surface area (Å²) in [6, 6.07) is 5.31. The van der Waals surface area contributed by atoms with Crippen LogP contribution in [-0.4, -0.2) is 24.6 Å². The van der Waals surface area contributed by atoms with E-state index in [1.54, 1.807) is 31.4 Å². The van der Waals surface area contributed by atoms with Crippen molar-refractivity contribution in [1.29, 1.82) is 0 Å². The van der Waals surface area contributed by atoms with Gasteiger partial charge in [0, 0.05) is 0 Å². The molecule has 0 saturated carbocycles. The molecule has 0 radical (unpaired) electrons. The predicted octanol–water partition coefficient (Wildman–Crippen LogP) is 2.35. The minimum absolute atomic E-state index is 0.00189. The van der Waals surface area contributed by atoms with Gasteiger partial charge in [-0.3, -0.25) is 0 Å². The Labute approximate surface area is 108 Å². The van der Waals surface area contributed by atoms with Crippen LogP contribution in [-0.2, 0) is 11.4 Å². The quantitative estimate of drug-likeness (QED) is 0.817. The summed E-state index contributed by atoms with van der Waals surface area (Å²) in [5.41, 5.74) is 0.799. The molecule has 0 unspecified atom stereocenters. The molecule has 1 aromatic carbocycles. The highest BCUT2D eigenvalue weighted by Crippen LogP contribution is 2.27. The molecule has 0 aromatic heterocycles. The molecule has 1 aromatic rings. The first-order valence-corrected chi connectivity index (χ1v) is 5.53. The van der Waals surface area contributed by atoms with Gasteiger partial charge in [0.1, 0.15) is 12.4 Å². The molecule has 0 spiro atoms. The topological polar surface area (TPSA) is 55.8 Å². The maximum Gasteiger partial charge on any atom is 0.161 e. The van der Waals surface area contributed by atoms with Crippen LogP contribution in [0.5, 0.6) is 11.5 Å². The predicted molar refractivity (Wildman–Crippen MR) is 71.0 cm³/mol. The Kier molecular flexibility index (Phi) is 8.31. The Morgan fingerprint density at radius 2 is 2.00 bits per heavy atom. The summed E-state index contributed by atoms with van der Waals surface area (Å²) in [6.07, 6.45) is 1.67. The molecule has 0 aliphatic rings. The SMILES string of the molecule is C=CCOc1ccc(CO)cc1OC.CC(C)=O. The number of rotatable bonds is 5. The van der Waals surface area contributed by atoms with Crippen molar-refractivity contribution in [2.45, 2.75) is 20.5 Å². The van der Waals surface area contributed by atoms with Crippen LogP contribution in [0.4, 0.5) is 0 Å². The molecular formula is C14H20O4. The van der Waals surface area contributed by atoms with E-state index < -0.39 is 0 Å². The van der Waals surface area contributed by atoms with Crippen molar-refractivity contribution in [1.82, 2.24) is 0 Å². The second-order valence-electron chi connectivity index (χ2n) is 3.65. The second-order valence-corrected chi connectivity index (χ2v) is 3.65. The van der Waals surface area contributed by atoms with E-state index in [2.05, 4.69) is 6.58 Å². The maximum atomic E-state index is 9.44. The Morgan fingerprint density at radius 1 is 1.39 bits per heavy atom. The number of aliphatic hydroxyl groups excluding tert-OH is 1. The summed E-state index contributed by atoms with van der Waals surface area (Å²) < 4.78 is 10.5. The highest BCUT2D eigenvalue weighted by Gasteiger charge is 2.04. The second kappa shape index (κ2) is 9.24. The van der Waals surface area contributed by atoms with Gasteiger partial charge in [-0.05, 0) is 31.5 Å². The largest absolute Gasteiger partial charge is 0.493 e. The fraction of sp³-hybridized carbons (Fsp3) is 0.357. The summed E-state index contributed by atoms with van der Waals surface area (Å²) in [7, 11) is 1.57. The molecule has 0 saturated heterocycles. The molecule has 18 heavy (non-hydrogen) atoms. The molecule has 0 aliphatic heterocycles. The number of Topliss-reactive ketones (excluding diaryl/α,β-unsaturated/α-hetero) is 1. The van der Waals surface area contributed by atoms with Gasteiger partial charge in [-0.15, -0.1) is 0 Å². The Balaban J connectivity index is 0.000000631. The van der Waals surface area contributed by atoms with Crippen molar-refractivity contribution in [2.24, 2.45) is 0 Å². The minimum atomic E-state index is -0.00189. The van der Waals surface area contributed by atoms with Gasteiger partial charge in [-0.25, -0.2) is 0 Å². The first-order valence-electron chi connectivity index (χ1n) is 5.53. The number of aliphatic hydroxyl groups is 1. The van der Waals surface area contributed by atoms with E-state index in [1.165, 1.54) is 13.8 Å². The van der Waals surface area contributed by atoms with Gasteiger partial charge in [0.2, 0.25) is 0 Å². The Morgan fingerprint density at radius 3 is 2.44 bits per heavy atom. The van der Waals surface area contributed by atoms with Gasteiger partial charge in [0.25, 0.3) is 0 Å². The fourth-order valence-electron chi connectivity index (χ4n) is 1.08. The van der Waals surface area contributed by atoms with Crippen LogP contribution in [0.15, 0.2) is 30.9 Å². The average Bonchev–Trinajstić information content (AvgIpc) is 2.35. The Bertz CT molecular complexity index is 381. The molecule has 0 aliphatic carbocycles. The zero-order valence-corrected chi connectivity index (χ0v) is 11.1. The number of carbonyl (C=O) groups excluding carboxylic acids is 1. The number of hydrogen-bond donors (Lipinski definition) is 1. The maximum absolute atomic E-state index is 9.44. The van der Waals surface area contributed by atoms with Crippen molar-refractivity contribution >= 4 is 5.78 Å². The van der Waals surface area contributed by atoms with Crippen LogP contribution in [0.2, 0.25) is 0 Å². The molecule has 1 N–H and O–H groups in total. The zero-order valence-electron chi connectivity index (χ0n) is 11.1. The monoisotopic (exact) mass is 252 g/mol. The summed E-state index contributed by atoms with van der Waals surface area (Å²) >= 11 is 0. The lowest BCUT2D eigenvalue weighted by Gasteiger charge is -2.09. The van der Waals surface area contributed by atoms with E-state index in [-0.39, 0.29) is 12.4 Å². The van der Waals surface area contributed by atoms with E-state index >= 15 is 0 Å². The zero-order chi connectivity index (χ0) is 14.0. The van der Waals surface area contributed by atoms with Gasteiger partial charge in [0.05, 0.1) is 13.7 Å². The first kappa shape index (κ1) is 16.2. The number of ketones is 1. The number of carbonyl (C=O) groups is 1. The number of methoxy groups -OCH3 is 1. The minimum Gasteiger partial charge on any atom is -0.493 e. The molecular weight excluding hydrogens is 232 g/mol. The summed E-state index contributed by atoms with van der Waals surface area (Å²) in [4.78, 5) is 9.44. The van der Waals surface area contributed by atoms with E-state index in [9.17, 15) is 4.79 Å². The van der Waals surface area contributed by atoms with Crippen molar-refractivity contribution in [3.8, 4) is 11.5 Å². The third-order valence-electron chi connectivity index (χ3n) is 1.77. The lowest BCUT2D eigenvalue weighted by Crippen LogP contribution is -1.97. The fourth-order valence-corrected chi connectivity index (χ4v) is 1.08. The molecule has 4 nitrogen and oxygen atoms in total. The lowest BCUT2D eigenvalue weighted by molar-refractivity contribution is -0.114. The van der Waals surface area contributed by atoms with Crippen LogP contribution >= 0.6 is 0 Å². The Hall–Kier alpha value is -1.81. The molecule has 0 bridgehead atoms. The van der Waals surface area contributed by atoms with E-state index in [4.69, 9.17) is 14.6 Å². The molecule has 0 heterocycles.